The summed E-state index contributed by atoms with van der Waals surface area (Å²) in [5.74, 6) is -1.31. The number of aliphatic carboxylic acids is 1. The van der Waals surface area contributed by atoms with Gasteiger partial charge in [0, 0.05) is 13.0 Å². The van der Waals surface area contributed by atoms with E-state index >= 15 is 0 Å². The fraction of sp³-hybridized carbons (Fsp3) is 0.368. The van der Waals surface area contributed by atoms with Crippen LogP contribution in [0, 0.1) is 5.92 Å². The number of thiocarbonyl (C=S) groups is 1. The third kappa shape index (κ3) is 5.56. The second kappa shape index (κ2) is 9.70. The number of ether oxygens (including phenoxy) is 1. The zero-order chi connectivity index (χ0) is 20.8. The van der Waals surface area contributed by atoms with Gasteiger partial charge in [0.2, 0.25) is 5.91 Å². The zero-order valence-corrected chi connectivity index (χ0v) is 17.4. The van der Waals surface area contributed by atoms with Crippen molar-refractivity contribution in [1.82, 2.24) is 10.2 Å². The molecule has 2 N–H and O–H groups in total. The highest BCUT2D eigenvalue weighted by Gasteiger charge is 2.32. The Bertz CT molecular complexity index is 805. The predicted molar refractivity (Wildman–Crippen MR) is 112 cm³/mol. The van der Waals surface area contributed by atoms with E-state index in [0.717, 1.165) is 11.3 Å². The van der Waals surface area contributed by atoms with E-state index in [2.05, 4.69) is 5.32 Å². The highest BCUT2D eigenvalue weighted by Crippen LogP contribution is 2.32. The molecule has 0 aromatic heterocycles. The van der Waals surface area contributed by atoms with E-state index in [1.54, 1.807) is 39.2 Å². The summed E-state index contributed by atoms with van der Waals surface area (Å²) < 4.78 is 5.48. The summed E-state index contributed by atoms with van der Waals surface area (Å²) in [6.45, 7) is 3.52. The molecule has 9 heteroatoms. The molecule has 1 aliphatic rings. The van der Waals surface area contributed by atoms with Crippen molar-refractivity contribution in [1.29, 1.82) is 0 Å². The molecule has 0 bridgehead atoms. The molecule has 1 aliphatic heterocycles. The Labute approximate surface area is 173 Å². The lowest BCUT2D eigenvalue weighted by molar-refractivity contribution is -0.143. The highest BCUT2D eigenvalue weighted by atomic mass is 32.2. The SMILES string of the molecule is COc1ccc(/C=C2/SC(=S)N(CCC(=O)N[C@@H](C(=O)O)C(C)C)C2=O)cc1. The van der Waals surface area contributed by atoms with E-state index in [1.807, 2.05) is 12.1 Å². The zero-order valence-electron chi connectivity index (χ0n) is 15.8. The van der Waals surface area contributed by atoms with Crippen LogP contribution in [0.5, 0.6) is 5.75 Å². The molecule has 1 fully saturated rings. The summed E-state index contributed by atoms with van der Waals surface area (Å²) in [5.41, 5.74) is 0.834. The lowest BCUT2D eigenvalue weighted by Gasteiger charge is -2.19. The van der Waals surface area contributed by atoms with Crippen LogP contribution in [0.4, 0.5) is 0 Å². The van der Waals surface area contributed by atoms with Crippen LogP contribution in [0.3, 0.4) is 0 Å². The third-order valence-electron chi connectivity index (χ3n) is 4.10. The summed E-state index contributed by atoms with van der Waals surface area (Å²) in [6, 6.07) is 6.29. The number of benzene rings is 1. The molecule has 1 aromatic rings. The summed E-state index contributed by atoms with van der Waals surface area (Å²) in [4.78, 5) is 37.7. The van der Waals surface area contributed by atoms with Crippen LogP contribution in [-0.4, -0.2) is 51.8 Å². The molecule has 2 amide bonds. The van der Waals surface area contributed by atoms with E-state index in [-0.39, 0.29) is 24.8 Å². The largest absolute Gasteiger partial charge is 0.497 e. The van der Waals surface area contributed by atoms with Gasteiger partial charge in [0.25, 0.3) is 5.91 Å². The van der Waals surface area contributed by atoms with E-state index in [9.17, 15) is 14.4 Å². The number of amides is 2. The van der Waals surface area contributed by atoms with Crippen molar-refractivity contribution in [2.75, 3.05) is 13.7 Å². The number of carbonyl (C=O) groups excluding carboxylic acids is 2. The first-order chi connectivity index (χ1) is 13.2. The second-order valence-electron chi connectivity index (χ2n) is 6.48. The molecule has 7 nitrogen and oxygen atoms in total. The minimum Gasteiger partial charge on any atom is -0.497 e. The van der Waals surface area contributed by atoms with E-state index < -0.39 is 17.9 Å². The van der Waals surface area contributed by atoms with Gasteiger partial charge >= 0.3 is 5.97 Å². The Kier molecular flexibility index (Phi) is 7.59. The van der Waals surface area contributed by atoms with Crippen LogP contribution in [-0.2, 0) is 14.4 Å². The fourth-order valence-electron chi connectivity index (χ4n) is 2.52. The van der Waals surface area contributed by atoms with Gasteiger partial charge in [0.05, 0.1) is 12.0 Å². The van der Waals surface area contributed by atoms with Crippen LogP contribution in [0.1, 0.15) is 25.8 Å². The average Bonchev–Trinajstić information content (AvgIpc) is 2.91. The van der Waals surface area contributed by atoms with Crippen LogP contribution >= 0.6 is 24.0 Å². The maximum absolute atomic E-state index is 12.6. The molecule has 1 heterocycles. The van der Waals surface area contributed by atoms with Crippen molar-refractivity contribution in [3.8, 4) is 5.75 Å². The Morgan fingerprint density at radius 3 is 2.50 bits per heavy atom. The van der Waals surface area contributed by atoms with E-state index in [0.29, 0.717) is 9.23 Å². The molecule has 0 unspecified atom stereocenters. The number of hydrogen-bond donors (Lipinski definition) is 2. The van der Waals surface area contributed by atoms with Crippen molar-refractivity contribution in [2.24, 2.45) is 5.92 Å². The molecule has 1 aromatic carbocycles. The molecular weight excluding hydrogens is 400 g/mol. The molecule has 1 atom stereocenters. The first kappa shape index (κ1) is 21.9. The Hall–Kier alpha value is -2.39. The molecule has 2 rings (SSSR count). The second-order valence-corrected chi connectivity index (χ2v) is 8.16. The topological polar surface area (TPSA) is 95.9 Å². The van der Waals surface area contributed by atoms with Crippen molar-refractivity contribution in [3.05, 3.63) is 34.7 Å². The monoisotopic (exact) mass is 422 g/mol. The standard InChI is InChI=1S/C19H22N2O5S2/c1-11(2)16(18(24)25)20-15(22)8-9-21-17(23)14(28-19(21)27)10-12-4-6-13(26-3)7-5-12/h4-7,10-11,16H,8-9H2,1-3H3,(H,20,22)(H,24,25)/b14-10+/t16-/m1/s1. The molecule has 0 aliphatic carbocycles. The van der Waals surface area contributed by atoms with Crippen molar-refractivity contribution < 1.29 is 24.2 Å². The molecule has 28 heavy (non-hydrogen) atoms. The minimum absolute atomic E-state index is 0.0290. The van der Waals surface area contributed by atoms with Crippen LogP contribution < -0.4 is 10.1 Å². The summed E-state index contributed by atoms with van der Waals surface area (Å²) >= 11 is 6.43. The highest BCUT2D eigenvalue weighted by molar-refractivity contribution is 8.26. The first-order valence-electron chi connectivity index (χ1n) is 8.64. The van der Waals surface area contributed by atoms with Gasteiger partial charge in [-0.25, -0.2) is 4.79 Å². The number of nitrogens with one attached hydrogen (secondary N) is 1. The van der Waals surface area contributed by atoms with Gasteiger partial charge in [-0.15, -0.1) is 0 Å². The van der Waals surface area contributed by atoms with Gasteiger partial charge in [0.15, 0.2) is 0 Å². The van der Waals surface area contributed by atoms with Crippen LogP contribution in [0.2, 0.25) is 0 Å². The molecule has 0 spiro atoms. The minimum atomic E-state index is -1.09. The maximum atomic E-state index is 12.6. The Morgan fingerprint density at radius 1 is 1.32 bits per heavy atom. The lowest BCUT2D eigenvalue weighted by atomic mass is 10.0. The van der Waals surface area contributed by atoms with Gasteiger partial charge in [-0.3, -0.25) is 14.5 Å². The molecule has 150 valence electrons. The normalized spacial score (nSPS) is 16.6. The average molecular weight is 423 g/mol. The predicted octanol–water partition coefficient (Wildman–Crippen LogP) is 2.51. The van der Waals surface area contributed by atoms with Crippen molar-refractivity contribution >= 4 is 52.2 Å². The van der Waals surface area contributed by atoms with Crippen LogP contribution in [0.25, 0.3) is 6.08 Å². The van der Waals surface area contributed by atoms with E-state index in [1.165, 1.54) is 16.7 Å². The first-order valence-corrected chi connectivity index (χ1v) is 9.87. The number of methoxy groups -OCH3 is 1. The van der Waals surface area contributed by atoms with Gasteiger partial charge in [-0.1, -0.05) is 50.0 Å². The summed E-state index contributed by atoms with van der Waals surface area (Å²) in [5, 5.41) is 11.6. The smallest absolute Gasteiger partial charge is 0.326 e. The number of thioether (sulfide) groups is 1. The van der Waals surface area contributed by atoms with Crippen molar-refractivity contribution in [2.45, 2.75) is 26.3 Å². The number of rotatable bonds is 8. The molecular formula is C19H22N2O5S2. The third-order valence-corrected chi connectivity index (χ3v) is 5.48. The van der Waals surface area contributed by atoms with Gasteiger partial charge in [-0.05, 0) is 29.7 Å². The maximum Gasteiger partial charge on any atom is 0.326 e. The number of carbonyl (C=O) groups is 3. The molecule has 0 radical (unpaired) electrons. The molecule has 0 saturated carbocycles. The molecule has 1 saturated heterocycles. The quantitative estimate of drug-likeness (QED) is 0.491. The Morgan fingerprint density at radius 2 is 1.96 bits per heavy atom. The number of hydrogen-bond acceptors (Lipinski definition) is 6. The van der Waals surface area contributed by atoms with Crippen LogP contribution in [0.15, 0.2) is 29.2 Å². The van der Waals surface area contributed by atoms with Gasteiger partial charge in [0.1, 0.15) is 16.1 Å². The Balaban J connectivity index is 1.98. The number of nitrogens with zero attached hydrogens (tertiary/aromatic N) is 1. The van der Waals surface area contributed by atoms with Gasteiger partial charge < -0.3 is 15.2 Å². The number of carboxylic acid groups (broad SMARTS) is 1. The number of carboxylic acids is 1. The fourth-order valence-corrected chi connectivity index (χ4v) is 3.83. The van der Waals surface area contributed by atoms with E-state index in [4.69, 9.17) is 22.1 Å². The summed E-state index contributed by atoms with van der Waals surface area (Å²) in [7, 11) is 1.58. The van der Waals surface area contributed by atoms with Gasteiger partial charge in [-0.2, -0.15) is 0 Å². The summed E-state index contributed by atoms with van der Waals surface area (Å²) in [6.07, 6.45) is 1.71. The van der Waals surface area contributed by atoms with Crippen molar-refractivity contribution in [3.63, 3.8) is 0 Å². The lowest BCUT2D eigenvalue weighted by Crippen LogP contribution is -2.45.